The number of imide groups is 1. The molecule has 2 N–H and O–H groups in total. The summed E-state index contributed by atoms with van der Waals surface area (Å²) in [7, 11) is 1.43. The summed E-state index contributed by atoms with van der Waals surface area (Å²) in [6, 6.07) is 9.36. The average Bonchev–Trinajstić information content (AvgIpc) is 3.89. The first-order valence-corrected chi connectivity index (χ1v) is 19.8. The van der Waals surface area contributed by atoms with Crippen LogP contribution in [-0.2, 0) is 20.6 Å². The number of aromatic nitrogens is 3. The monoisotopic (exact) mass is 822 g/mol. The average molecular weight is 823 g/mol. The SMILES string of the molecule is COc1cc2nn(C3CCN(C4CCN(C(=O)[C@@H]5CCN(c6cc(F)c([C@H]7CCC(=O)NC7=O)c(F)c6)C5)CC4)CC3)cc2cc1NC(=O)c1cccc(C(F)(F)F)n1. The maximum Gasteiger partial charge on any atom is 0.433 e. The van der Waals surface area contributed by atoms with E-state index < -0.39 is 47.1 Å². The number of hydrogen-bond donors (Lipinski definition) is 2. The molecule has 8 rings (SSSR count). The summed E-state index contributed by atoms with van der Waals surface area (Å²) in [5.41, 5.74) is -0.645. The molecular formula is C41H43F5N8O5. The zero-order valence-electron chi connectivity index (χ0n) is 32.2. The van der Waals surface area contributed by atoms with Crippen LogP contribution in [0.1, 0.15) is 78.7 Å². The number of piperidine rings is 3. The summed E-state index contributed by atoms with van der Waals surface area (Å²) in [5, 5.41) is 10.3. The number of hydrogen-bond acceptors (Lipinski definition) is 9. The van der Waals surface area contributed by atoms with Gasteiger partial charge >= 0.3 is 6.18 Å². The number of nitrogens with zero attached hydrogens (tertiary/aromatic N) is 6. The molecule has 0 aliphatic carbocycles. The Bertz CT molecular complexity index is 2260. The lowest BCUT2D eigenvalue weighted by Gasteiger charge is -2.42. The van der Waals surface area contributed by atoms with Crippen LogP contribution in [0.4, 0.5) is 33.3 Å². The number of fused-ring (bicyclic) bond motifs is 1. The highest BCUT2D eigenvalue weighted by Gasteiger charge is 2.38. The summed E-state index contributed by atoms with van der Waals surface area (Å²) < 4.78 is 77.3. The van der Waals surface area contributed by atoms with Crippen molar-refractivity contribution in [2.45, 2.75) is 69.1 Å². The molecule has 2 atom stereocenters. The number of likely N-dealkylation sites (tertiary alicyclic amines) is 2. The van der Waals surface area contributed by atoms with Gasteiger partial charge in [0.05, 0.1) is 36.2 Å². The Balaban J connectivity index is 0.826. The van der Waals surface area contributed by atoms with Gasteiger partial charge in [-0.25, -0.2) is 13.8 Å². The van der Waals surface area contributed by atoms with Crippen molar-refractivity contribution in [2.24, 2.45) is 5.92 Å². The Morgan fingerprint density at radius 3 is 2.29 bits per heavy atom. The minimum atomic E-state index is -4.69. The van der Waals surface area contributed by atoms with Gasteiger partial charge in [-0.2, -0.15) is 18.3 Å². The lowest BCUT2D eigenvalue weighted by atomic mass is 9.89. The molecule has 18 heteroatoms. The minimum absolute atomic E-state index is 0.0118. The predicted molar refractivity (Wildman–Crippen MR) is 205 cm³/mol. The van der Waals surface area contributed by atoms with Gasteiger partial charge in [-0.1, -0.05) is 6.07 Å². The van der Waals surface area contributed by atoms with Crippen LogP contribution in [0, 0.1) is 17.6 Å². The topological polar surface area (TPSA) is 142 Å². The maximum absolute atomic E-state index is 15.2. The third kappa shape index (κ3) is 8.31. The van der Waals surface area contributed by atoms with E-state index in [9.17, 15) is 32.3 Å². The molecule has 4 aliphatic rings. The fourth-order valence-electron chi connectivity index (χ4n) is 8.91. The van der Waals surface area contributed by atoms with Gasteiger partial charge in [0.15, 0.2) is 0 Å². The lowest BCUT2D eigenvalue weighted by molar-refractivity contribution is -0.141. The molecule has 0 radical (unpaired) electrons. The molecule has 4 aromatic rings. The van der Waals surface area contributed by atoms with Crippen LogP contribution in [0.2, 0.25) is 0 Å². The molecule has 6 heterocycles. The third-order valence-corrected chi connectivity index (χ3v) is 12.1. The van der Waals surface area contributed by atoms with E-state index in [0.717, 1.165) is 56.3 Å². The van der Waals surface area contributed by atoms with E-state index in [1.54, 1.807) is 17.0 Å². The molecule has 4 saturated heterocycles. The highest BCUT2D eigenvalue weighted by molar-refractivity contribution is 6.05. The fourth-order valence-corrected chi connectivity index (χ4v) is 8.91. The van der Waals surface area contributed by atoms with Crippen LogP contribution >= 0.6 is 0 Å². The zero-order chi connectivity index (χ0) is 41.6. The summed E-state index contributed by atoms with van der Waals surface area (Å²) in [5.74, 6) is -4.68. The number of carbonyl (C=O) groups excluding carboxylic acids is 4. The standard InChI is InChI=1S/C41H43F5N8O5/c1-59-34-20-32-24(17-33(34)48-39(57)31-3-2-4-35(47-31)41(44,45)46)22-54(50-32)26-10-13-51(14-11-26)25-8-15-52(16-9-25)40(58)23-7-12-53(21-23)27-18-29(42)37(30(43)19-27)28-5-6-36(55)49-38(28)56/h2-4,17-20,22-23,25-26,28H,5-16,21H2,1H3,(H,48,57)(H,49,55,56)/t23-,28-/m1/s1. The molecular weight excluding hydrogens is 779 g/mol. The number of nitrogens with one attached hydrogen (secondary N) is 2. The van der Waals surface area contributed by atoms with Gasteiger partial charge in [-0.3, -0.25) is 29.2 Å². The lowest BCUT2D eigenvalue weighted by Crippen LogP contribution is -2.50. The predicted octanol–water partition coefficient (Wildman–Crippen LogP) is 5.66. The molecule has 59 heavy (non-hydrogen) atoms. The van der Waals surface area contributed by atoms with Gasteiger partial charge in [0, 0.05) is 80.6 Å². The highest BCUT2D eigenvalue weighted by atomic mass is 19.4. The second-order valence-electron chi connectivity index (χ2n) is 15.7. The highest BCUT2D eigenvalue weighted by Crippen LogP contribution is 2.36. The van der Waals surface area contributed by atoms with Crippen LogP contribution in [-0.4, -0.2) is 101 Å². The molecule has 13 nitrogen and oxygen atoms in total. The number of ether oxygens (including phenoxy) is 1. The molecule has 0 unspecified atom stereocenters. The van der Waals surface area contributed by atoms with Crippen molar-refractivity contribution in [3.63, 3.8) is 0 Å². The summed E-state index contributed by atoms with van der Waals surface area (Å²) in [4.78, 5) is 59.9. The zero-order valence-corrected chi connectivity index (χ0v) is 32.2. The first kappa shape index (κ1) is 40.1. The second-order valence-corrected chi connectivity index (χ2v) is 15.7. The normalized spacial score (nSPS) is 21.3. The number of anilines is 2. The van der Waals surface area contributed by atoms with E-state index >= 15 is 8.78 Å². The van der Waals surface area contributed by atoms with Crippen LogP contribution < -0.4 is 20.3 Å². The number of amides is 4. The summed E-state index contributed by atoms with van der Waals surface area (Å²) >= 11 is 0. The Labute approximate surface area is 335 Å². The second kappa shape index (κ2) is 16.2. The minimum Gasteiger partial charge on any atom is -0.494 e. The number of pyridine rings is 1. The van der Waals surface area contributed by atoms with Crippen molar-refractivity contribution in [3.8, 4) is 5.75 Å². The maximum atomic E-state index is 15.2. The third-order valence-electron chi connectivity index (χ3n) is 12.1. The van der Waals surface area contributed by atoms with Crippen LogP contribution in [0.25, 0.3) is 10.9 Å². The van der Waals surface area contributed by atoms with Crippen molar-refractivity contribution in [2.75, 3.05) is 56.6 Å². The van der Waals surface area contributed by atoms with Crippen LogP contribution in [0.15, 0.2) is 48.7 Å². The van der Waals surface area contributed by atoms with Crippen molar-refractivity contribution in [3.05, 3.63) is 77.2 Å². The first-order valence-electron chi connectivity index (χ1n) is 19.8. The van der Waals surface area contributed by atoms with Gasteiger partial charge in [0.25, 0.3) is 5.91 Å². The Morgan fingerprint density at radius 2 is 1.61 bits per heavy atom. The number of methoxy groups -OCH3 is 1. The summed E-state index contributed by atoms with van der Waals surface area (Å²) in [6.07, 6.45) is 1.19. The first-order chi connectivity index (χ1) is 28.2. The molecule has 0 saturated carbocycles. The van der Waals surface area contributed by atoms with Gasteiger partial charge in [-0.05, 0) is 68.9 Å². The largest absolute Gasteiger partial charge is 0.494 e. The number of halogens is 5. The Morgan fingerprint density at radius 1 is 0.898 bits per heavy atom. The Kier molecular flexibility index (Phi) is 11.0. The molecule has 2 aromatic heterocycles. The Hall–Kier alpha value is -5.65. The van der Waals surface area contributed by atoms with Crippen LogP contribution in [0.5, 0.6) is 5.75 Å². The van der Waals surface area contributed by atoms with E-state index in [1.807, 2.05) is 15.8 Å². The van der Waals surface area contributed by atoms with Crippen molar-refractivity contribution >= 4 is 45.9 Å². The number of rotatable bonds is 8. The van der Waals surface area contributed by atoms with E-state index in [1.165, 1.54) is 25.3 Å². The van der Waals surface area contributed by atoms with Gasteiger partial charge in [0.1, 0.15) is 28.8 Å². The van der Waals surface area contributed by atoms with Gasteiger partial charge in [-0.15, -0.1) is 0 Å². The summed E-state index contributed by atoms with van der Waals surface area (Å²) in [6.45, 7) is 3.75. The number of carbonyl (C=O) groups is 4. The van der Waals surface area contributed by atoms with Crippen molar-refractivity contribution < 1.29 is 45.9 Å². The quantitative estimate of drug-likeness (QED) is 0.170. The van der Waals surface area contributed by atoms with Crippen LogP contribution in [0.3, 0.4) is 0 Å². The van der Waals surface area contributed by atoms with E-state index in [2.05, 4.69) is 20.5 Å². The smallest absolute Gasteiger partial charge is 0.433 e. The molecule has 4 aliphatic heterocycles. The fraction of sp³-hybridized carbons (Fsp3) is 0.463. The van der Waals surface area contributed by atoms with E-state index in [0.29, 0.717) is 55.6 Å². The molecule has 2 aromatic carbocycles. The molecule has 4 fully saturated rings. The molecule has 4 amide bonds. The van der Waals surface area contributed by atoms with Gasteiger partial charge < -0.3 is 24.8 Å². The molecule has 312 valence electrons. The number of benzene rings is 2. The molecule has 0 bridgehead atoms. The van der Waals surface area contributed by atoms with E-state index in [-0.39, 0.29) is 47.7 Å². The molecule has 0 spiro atoms. The van der Waals surface area contributed by atoms with Gasteiger partial charge in [0.2, 0.25) is 17.7 Å². The van der Waals surface area contributed by atoms with E-state index in [4.69, 9.17) is 9.84 Å². The van der Waals surface area contributed by atoms with Crippen molar-refractivity contribution in [1.82, 2.24) is 29.9 Å². The van der Waals surface area contributed by atoms with Crippen molar-refractivity contribution in [1.29, 1.82) is 0 Å². The number of alkyl halides is 3.